The highest BCUT2D eigenvalue weighted by Gasteiger charge is 2.23. The summed E-state index contributed by atoms with van der Waals surface area (Å²) in [6, 6.07) is 13.1. The van der Waals surface area contributed by atoms with Crippen LogP contribution in [-0.4, -0.2) is 46.8 Å². The number of amides is 1. The Hall–Kier alpha value is -2.73. The molecule has 0 radical (unpaired) electrons. The van der Waals surface area contributed by atoms with Crippen molar-refractivity contribution in [1.29, 1.82) is 0 Å². The normalized spacial score (nSPS) is 15.1. The van der Waals surface area contributed by atoms with Gasteiger partial charge in [-0.15, -0.1) is 0 Å². The fraction of sp³-hybridized carbons (Fsp3) is 0.350. The monoisotopic (exact) mass is 353 g/mol. The van der Waals surface area contributed by atoms with Gasteiger partial charge in [0.15, 0.2) is 0 Å². The van der Waals surface area contributed by atoms with Gasteiger partial charge in [0, 0.05) is 49.9 Å². The first kappa shape index (κ1) is 18.1. The van der Waals surface area contributed by atoms with Gasteiger partial charge < -0.3 is 4.90 Å². The number of hydrogen-bond acceptors (Lipinski definition) is 4. The second-order valence-electron chi connectivity index (χ2n) is 6.81. The molecule has 0 N–H and O–H groups in total. The molecule has 0 atom stereocenters. The summed E-state index contributed by atoms with van der Waals surface area (Å²) < 4.78 is 0. The first-order chi connectivity index (χ1) is 12.4. The van der Waals surface area contributed by atoms with E-state index in [1.807, 2.05) is 4.90 Å². The van der Waals surface area contributed by atoms with Crippen LogP contribution in [0.2, 0.25) is 0 Å². The molecule has 0 spiro atoms. The van der Waals surface area contributed by atoms with Crippen molar-refractivity contribution in [1.82, 2.24) is 9.80 Å². The van der Waals surface area contributed by atoms with E-state index in [2.05, 4.69) is 36.1 Å². The summed E-state index contributed by atoms with van der Waals surface area (Å²) in [7, 11) is 0. The van der Waals surface area contributed by atoms with E-state index in [1.54, 1.807) is 19.1 Å². The molecule has 3 rings (SSSR count). The van der Waals surface area contributed by atoms with Crippen LogP contribution in [0.5, 0.6) is 0 Å². The smallest absolute Gasteiger partial charge is 0.272 e. The van der Waals surface area contributed by atoms with Crippen LogP contribution in [0.15, 0.2) is 42.5 Å². The number of nitro benzene ring substituents is 1. The van der Waals surface area contributed by atoms with Crippen molar-refractivity contribution >= 4 is 11.6 Å². The van der Waals surface area contributed by atoms with E-state index in [9.17, 15) is 14.9 Å². The topological polar surface area (TPSA) is 66.7 Å². The molecule has 1 fully saturated rings. The zero-order valence-electron chi connectivity index (χ0n) is 15.1. The zero-order valence-corrected chi connectivity index (χ0v) is 15.1. The van der Waals surface area contributed by atoms with Gasteiger partial charge in [-0.2, -0.15) is 0 Å². The molecule has 1 amide bonds. The molecule has 1 aliphatic rings. The number of benzene rings is 2. The van der Waals surface area contributed by atoms with E-state index in [0.717, 1.165) is 19.6 Å². The van der Waals surface area contributed by atoms with Crippen molar-refractivity contribution < 1.29 is 9.72 Å². The molecular weight excluding hydrogens is 330 g/mol. The molecule has 1 heterocycles. The van der Waals surface area contributed by atoms with E-state index in [4.69, 9.17) is 0 Å². The Morgan fingerprint density at radius 3 is 2.27 bits per heavy atom. The SMILES string of the molecule is Cc1ccc(CN2CCN(C(=O)c3ccc([N+](=O)[O-])c(C)c3)CC2)cc1. The van der Waals surface area contributed by atoms with Gasteiger partial charge in [-0.25, -0.2) is 0 Å². The number of aryl methyl sites for hydroxylation is 2. The summed E-state index contributed by atoms with van der Waals surface area (Å²) >= 11 is 0. The molecular formula is C20H23N3O3. The van der Waals surface area contributed by atoms with E-state index >= 15 is 0 Å². The van der Waals surface area contributed by atoms with Crippen LogP contribution in [0.3, 0.4) is 0 Å². The lowest BCUT2D eigenvalue weighted by Gasteiger charge is -2.34. The quantitative estimate of drug-likeness (QED) is 0.625. The Labute approximate surface area is 153 Å². The standard InChI is InChI=1S/C20H23N3O3/c1-15-3-5-17(6-4-15)14-21-9-11-22(12-10-21)20(24)18-7-8-19(23(25)26)16(2)13-18/h3-8,13H,9-12,14H2,1-2H3. The summed E-state index contributed by atoms with van der Waals surface area (Å²) in [4.78, 5) is 27.3. The summed E-state index contributed by atoms with van der Waals surface area (Å²) in [5.74, 6) is -0.0574. The highest BCUT2D eigenvalue weighted by Crippen LogP contribution is 2.20. The summed E-state index contributed by atoms with van der Waals surface area (Å²) in [6.07, 6.45) is 0. The van der Waals surface area contributed by atoms with Crippen molar-refractivity contribution in [3.05, 3.63) is 74.8 Å². The highest BCUT2D eigenvalue weighted by atomic mass is 16.6. The van der Waals surface area contributed by atoms with Crippen LogP contribution in [-0.2, 0) is 6.54 Å². The van der Waals surface area contributed by atoms with Crippen molar-refractivity contribution in [2.24, 2.45) is 0 Å². The Kier molecular flexibility index (Phi) is 5.32. The Bertz CT molecular complexity index is 810. The second kappa shape index (κ2) is 7.66. The minimum Gasteiger partial charge on any atom is -0.336 e. The molecule has 0 bridgehead atoms. The fourth-order valence-corrected chi connectivity index (χ4v) is 3.24. The van der Waals surface area contributed by atoms with Crippen molar-refractivity contribution in [3.63, 3.8) is 0 Å². The molecule has 1 saturated heterocycles. The van der Waals surface area contributed by atoms with Gasteiger partial charge in [-0.3, -0.25) is 19.8 Å². The van der Waals surface area contributed by atoms with Crippen LogP contribution in [0.4, 0.5) is 5.69 Å². The summed E-state index contributed by atoms with van der Waals surface area (Å²) in [5.41, 5.74) is 3.60. The lowest BCUT2D eigenvalue weighted by molar-refractivity contribution is -0.385. The molecule has 2 aromatic carbocycles. The number of nitrogens with zero attached hydrogens (tertiary/aromatic N) is 3. The zero-order chi connectivity index (χ0) is 18.7. The predicted molar refractivity (Wildman–Crippen MR) is 100 cm³/mol. The van der Waals surface area contributed by atoms with E-state index in [-0.39, 0.29) is 11.6 Å². The maximum atomic E-state index is 12.7. The Morgan fingerprint density at radius 1 is 1.04 bits per heavy atom. The summed E-state index contributed by atoms with van der Waals surface area (Å²) in [5, 5.41) is 10.9. The molecule has 0 aromatic heterocycles. The van der Waals surface area contributed by atoms with Gasteiger partial charge in [-0.05, 0) is 31.5 Å². The number of rotatable bonds is 4. The molecule has 6 nitrogen and oxygen atoms in total. The van der Waals surface area contributed by atoms with Gasteiger partial charge in [0.25, 0.3) is 11.6 Å². The van der Waals surface area contributed by atoms with Crippen molar-refractivity contribution in [3.8, 4) is 0 Å². The number of nitro groups is 1. The minimum atomic E-state index is -0.423. The maximum absolute atomic E-state index is 12.7. The number of carbonyl (C=O) groups excluding carboxylic acids is 1. The Balaban J connectivity index is 1.59. The average Bonchev–Trinajstić information content (AvgIpc) is 2.63. The third-order valence-electron chi connectivity index (χ3n) is 4.83. The van der Waals surface area contributed by atoms with Crippen LogP contribution in [0.25, 0.3) is 0 Å². The molecule has 26 heavy (non-hydrogen) atoms. The fourth-order valence-electron chi connectivity index (χ4n) is 3.24. The predicted octanol–water partition coefficient (Wildman–Crippen LogP) is 3.17. The van der Waals surface area contributed by atoms with Gasteiger partial charge in [0.1, 0.15) is 0 Å². The molecule has 0 unspecified atom stereocenters. The van der Waals surface area contributed by atoms with E-state index < -0.39 is 4.92 Å². The number of hydrogen-bond donors (Lipinski definition) is 0. The first-order valence-corrected chi connectivity index (χ1v) is 8.76. The summed E-state index contributed by atoms with van der Waals surface area (Å²) in [6.45, 7) is 7.61. The second-order valence-corrected chi connectivity index (χ2v) is 6.81. The molecule has 0 aliphatic carbocycles. The van der Waals surface area contributed by atoms with E-state index in [1.165, 1.54) is 17.2 Å². The molecule has 2 aromatic rings. The van der Waals surface area contributed by atoms with Gasteiger partial charge in [0.05, 0.1) is 4.92 Å². The Morgan fingerprint density at radius 2 is 1.69 bits per heavy atom. The van der Waals surface area contributed by atoms with Crippen LogP contribution < -0.4 is 0 Å². The van der Waals surface area contributed by atoms with Gasteiger partial charge in [0.2, 0.25) is 0 Å². The van der Waals surface area contributed by atoms with Gasteiger partial charge in [-0.1, -0.05) is 29.8 Å². The number of carbonyl (C=O) groups is 1. The highest BCUT2D eigenvalue weighted by molar-refractivity contribution is 5.94. The third kappa shape index (κ3) is 4.08. The third-order valence-corrected chi connectivity index (χ3v) is 4.83. The lowest BCUT2D eigenvalue weighted by Crippen LogP contribution is -2.48. The maximum Gasteiger partial charge on any atom is 0.272 e. The minimum absolute atomic E-state index is 0.0458. The van der Waals surface area contributed by atoms with Crippen molar-refractivity contribution in [2.45, 2.75) is 20.4 Å². The largest absolute Gasteiger partial charge is 0.336 e. The van der Waals surface area contributed by atoms with Gasteiger partial charge >= 0.3 is 0 Å². The van der Waals surface area contributed by atoms with Crippen LogP contribution in [0, 0.1) is 24.0 Å². The van der Waals surface area contributed by atoms with E-state index in [0.29, 0.717) is 24.2 Å². The first-order valence-electron chi connectivity index (χ1n) is 8.76. The van der Waals surface area contributed by atoms with Crippen LogP contribution >= 0.6 is 0 Å². The molecule has 6 heteroatoms. The average molecular weight is 353 g/mol. The number of piperazine rings is 1. The lowest BCUT2D eigenvalue weighted by atomic mass is 10.1. The molecule has 1 aliphatic heterocycles. The molecule has 0 saturated carbocycles. The molecule has 136 valence electrons. The van der Waals surface area contributed by atoms with Crippen LogP contribution in [0.1, 0.15) is 27.0 Å². The van der Waals surface area contributed by atoms with Crippen molar-refractivity contribution in [2.75, 3.05) is 26.2 Å².